The quantitative estimate of drug-likeness (QED) is 0.793. The molecule has 2 aromatic rings. The van der Waals surface area contributed by atoms with Crippen LogP contribution >= 0.6 is 0 Å². The minimum absolute atomic E-state index is 0.118. The van der Waals surface area contributed by atoms with Crippen molar-refractivity contribution in [3.8, 4) is 0 Å². The molecular weight excluding hydrogens is 352 g/mol. The van der Waals surface area contributed by atoms with Gasteiger partial charge >= 0.3 is 0 Å². The lowest BCUT2D eigenvalue weighted by molar-refractivity contribution is 0.219. The molecule has 8 nitrogen and oxygen atoms in total. The number of aryl methyl sites for hydroxylation is 2. The third-order valence-electron chi connectivity index (χ3n) is 5.45. The highest BCUT2D eigenvalue weighted by atomic mass is 32.2. The fourth-order valence-corrected chi connectivity index (χ4v) is 5.62. The zero-order valence-corrected chi connectivity index (χ0v) is 16.2. The number of hydrogen-bond donors (Lipinski definition) is 0. The third kappa shape index (κ3) is 2.69. The Morgan fingerprint density at radius 2 is 2.04 bits per heavy atom. The van der Waals surface area contributed by atoms with Crippen molar-refractivity contribution >= 4 is 16.0 Å². The molecule has 1 saturated heterocycles. The molecular formula is C17H24N6O2S. The Morgan fingerprint density at radius 3 is 2.73 bits per heavy atom. The highest BCUT2D eigenvalue weighted by molar-refractivity contribution is 7.89. The number of anilines is 1. The summed E-state index contributed by atoms with van der Waals surface area (Å²) >= 11 is 0. The molecule has 1 fully saturated rings. The molecule has 3 heterocycles. The van der Waals surface area contributed by atoms with E-state index in [1.54, 1.807) is 22.1 Å². The van der Waals surface area contributed by atoms with E-state index < -0.39 is 10.0 Å². The van der Waals surface area contributed by atoms with Crippen LogP contribution in [0.3, 0.4) is 0 Å². The first-order chi connectivity index (χ1) is 12.3. The first-order valence-corrected chi connectivity index (χ1v) is 10.3. The topological polar surface area (TPSA) is 84.2 Å². The molecule has 1 spiro atoms. The van der Waals surface area contributed by atoms with Gasteiger partial charge in [0.05, 0.1) is 12.0 Å². The molecule has 4 rings (SSSR count). The standard InChI is InChI=1S/C17H24N6O2S/c1-21(2)16-18-9-13-5-7-17(15(13)20-16)6-4-8-23(11-17)26(24,25)14-10-22(3)12-19-14/h9-10,12H,4-8,11H2,1-3H3. The fourth-order valence-electron chi connectivity index (χ4n) is 4.09. The van der Waals surface area contributed by atoms with E-state index in [1.165, 1.54) is 6.33 Å². The second-order valence-corrected chi connectivity index (χ2v) is 9.42. The number of sulfonamides is 1. The van der Waals surface area contributed by atoms with E-state index in [9.17, 15) is 8.42 Å². The second-order valence-electron chi connectivity index (χ2n) is 7.54. The summed E-state index contributed by atoms with van der Waals surface area (Å²) in [5.41, 5.74) is 1.95. The van der Waals surface area contributed by atoms with E-state index in [-0.39, 0.29) is 10.4 Å². The van der Waals surface area contributed by atoms with Crippen LogP contribution < -0.4 is 4.90 Å². The van der Waals surface area contributed by atoms with Gasteiger partial charge in [0.2, 0.25) is 5.95 Å². The number of imidazole rings is 1. The lowest BCUT2D eigenvalue weighted by Gasteiger charge is -2.39. The molecule has 140 valence electrons. The summed E-state index contributed by atoms with van der Waals surface area (Å²) in [7, 11) is 2.03. The van der Waals surface area contributed by atoms with Crippen LogP contribution in [-0.2, 0) is 28.9 Å². The Hall–Kier alpha value is -2.00. The summed E-state index contributed by atoms with van der Waals surface area (Å²) < 4.78 is 29.3. The van der Waals surface area contributed by atoms with Crippen LogP contribution in [0.4, 0.5) is 5.95 Å². The minimum atomic E-state index is -3.59. The van der Waals surface area contributed by atoms with Gasteiger partial charge in [-0.25, -0.2) is 23.4 Å². The molecule has 0 saturated carbocycles. The molecule has 1 atom stereocenters. The largest absolute Gasteiger partial charge is 0.347 e. The SMILES string of the molecule is CN(C)c1ncc2c(n1)C1(CCCN(S(=O)(=O)c3cn(C)cn3)C1)CC2. The van der Waals surface area contributed by atoms with Crippen LogP contribution in [0.1, 0.15) is 30.5 Å². The van der Waals surface area contributed by atoms with Crippen LogP contribution in [0.25, 0.3) is 0 Å². The van der Waals surface area contributed by atoms with Crippen molar-refractivity contribution in [1.29, 1.82) is 0 Å². The average Bonchev–Trinajstić information content (AvgIpc) is 3.20. The van der Waals surface area contributed by atoms with Crippen molar-refractivity contribution in [3.63, 3.8) is 0 Å². The van der Waals surface area contributed by atoms with Crippen LogP contribution in [-0.4, -0.2) is 59.4 Å². The molecule has 0 bridgehead atoms. The zero-order chi connectivity index (χ0) is 18.5. The van der Waals surface area contributed by atoms with Gasteiger partial charge in [0.15, 0.2) is 5.03 Å². The van der Waals surface area contributed by atoms with Gasteiger partial charge < -0.3 is 9.47 Å². The average molecular weight is 376 g/mol. The molecule has 2 aromatic heterocycles. The van der Waals surface area contributed by atoms with E-state index in [0.717, 1.165) is 36.9 Å². The first-order valence-electron chi connectivity index (χ1n) is 8.84. The second kappa shape index (κ2) is 6.02. The van der Waals surface area contributed by atoms with E-state index in [1.807, 2.05) is 25.2 Å². The molecule has 9 heteroatoms. The van der Waals surface area contributed by atoms with Crippen molar-refractivity contribution < 1.29 is 8.42 Å². The lowest BCUT2D eigenvalue weighted by Crippen LogP contribution is -2.48. The Morgan fingerprint density at radius 1 is 1.23 bits per heavy atom. The smallest absolute Gasteiger partial charge is 0.262 e. The van der Waals surface area contributed by atoms with Crippen LogP contribution in [0.2, 0.25) is 0 Å². The monoisotopic (exact) mass is 376 g/mol. The fraction of sp³-hybridized carbons (Fsp3) is 0.588. The molecule has 0 amide bonds. The van der Waals surface area contributed by atoms with Crippen LogP contribution in [0.5, 0.6) is 0 Å². The Labute approximate surface area is 153 Å². The maximum atomic E-state index is 13.0. The molecule has 0 aromatic carbocycles. The molecule has 1 unspecified atom stereocenters. The highest BCUT2D eigenvalue weighted by Crippen LogP contribution is 2.45. The first kappa shape index (κ1) is 17.4. The summed E-state index contributed by atoms with van der Waals surface area (Å²) in [6.45, 7) is 0.990. The summed E-state index contributed by atoms with van der Waals surface area (Å²) in [6.07, 6.45) is 8.59. The molecule has 0 N–H and O–H groups in total. The van der Waals surface area contributed by atoms with Crippen molar-refractivity contribution in [2.45, 2.75) is 36.1 Å². The van der Waals surface area contributed by atoms with E-state index in [2.05, 4.69) is 9.97 Å². The molecule has 1 aliphatic carbocycles. The molecule has 1 aliphatic heterocycles. The predicted octanol–water partition coefficient (Wildman–Crippen LogP) is 0.945. The number of rotatable bonds is 3. The highest BCUT2D eigenvalue weighted by Gasteiger charge is 2.46. The Kier molecular flexibility index (Phi) is 4.03. The normalized spacial score (nSPS) is 23.3. The van der Waals surface area contributed by atoms with Crippen molar-refractivity contribution in [2.24, 2.45) is 7.05 Å². The van der Waals surface area contributed by atoms with Crippen molar-refractivity contribution in [3.05, 3.63) is 30.0 Å². The lowest BCUT2D eigenvalue weighted by atomic mass is 9.78. The van der Waals surface area contributed by atoms with Crippen LogP contribution in [0, 0.1) is 0 Å². The van der Waals surface area contributed by atoms with Gasteiger partial charge in [0.25, 0.3) is 10.0 Å². The van der Waals surface area contributed by atoms with Gasteiger partial charge in [-0.15, -0.1) is 0 Å². The zero-order valence-electron chi connectivity index (χ0n) is 15.4. The Bertz CT molecular complexity index is 934. The van der Waals surface area contributed by atoms with Gasteiger partial charge in [-0.2, -0.15) is 4.31 Å². The van der Waals surface area contributed by atoms with Gasteiger partial charge in [-0.1, -0.05) is 0 Å². The summed E-state index contributed by atoms with van der Waals surface area (Å²) in [5.74, 6) is 0.676. The van der Waals surface area contributed by atoms with Crippen molar-refractivity contribution in [2.75, 3.05) is 32.1 Å². The van der Waals surface area contributed by atoms with Crippen molar-refractivity contribution in [1.82, 2.24) is 23.8 Å². The number of aromatic nitrogens is 4. The number of piperidine rings is 1. The number of nitrogens with zero attached hydrogens (tertiary/aromatic N) is 6. The molecule has 0 radical (unpaired) electrons. The molecule has 26 heavy (non-hydrogen) atoms. The van der Waals surface area contributed by atoms with Gasteiger partial charge in [0, 0.05) is 52.0 Å². The summed E-state index contributed by atoms with van der Waals surface area (Å²) in [5, 5.41) is 0.118. The third-order valence-corrected chi connectivity index (χ3v) is 7.19. The maximum Gasteiger partial charge on any atom is 0.262 e. The van der Waals surface area contributed by atoms with Crippen LogP contribution in [0.15, 0.2) is 23.7 Å². The van der Waals surface area contributed by atoms with Gasteiger partial charge in [-0.3, -0.25) is 0 Å². The predicted molar refractivity (Wildman–Crippen MR) is 97.6 cm³/mol. The van der Waals surface area contributed by atoms with Gasteiger partial charge in [0.1, 0.15) is 0 Å². The Balaban J connectivity index is 1.69. The van der Waals surface area contributed by atoms with E-state index in [0.29, 0.717) is 19.0 Å². The minimum Gasteiger partial charge on any atom is -0.347 e. The molecule has 2 aliphatic rings. The summed E-state index contributed by atoms with van der Waals surface area (Å²) in [4.78, 5) is 15.2. The van der Waals surface area contributed by atoms with E-state index >= 15 is 0 Å². The van der Waals surface area contributed by atoms with E-state index in [4.69, 9.17) is 4.98 Å². The van der Waals surface area contributed by atoms with Gasteiger partial charge in [-0.05, 0) is 31.2 Å². The number of hydrogen-bond acceptors (Lipinski definition) is 6. The summed E-state index contributed by atoms with van der Waals surface area (Å²) in [6, 6.07) is 0. The maximum absolute atomic E-state index is 13.0. The number of fused-ring (bicyclic) bond motifs is 2.